The fourth-order valence-electron chi connectivity index (χ4n) is 4.45. The predicted octanol–water partition coefficient (Wildman–Crippen LogP) is 1.01. The lowest BCUT2D eigenvalue weighted by Crippen LogP contribution is -2.53. The summed E-state index contributed by atoms with van der Waals surface area (Å²) in [7, 11) is 0. The van der Waals surface area contributed by atoms with Crippen molar-refractivity contribution < 1.29 is 19.5 Å². The molecule has 8 N–H and O–H groups in total. The van der Waals surface area contributed by atoms with Crippen LogP contribution in [0, 0.1) is 11.3 Å². The monoisotopic (exact) mass is 476 g/mol. The second-order valence-electron chi connectivity index (χ2n) is 8.55. The third-order valence-electron chi connectivity index (χ3n) is 6.14. The van der Waals surface area contributed by atoms with Crippen molar-refractivity contribution in [3.8, 4) is 0 Å². The van der Waals surface area contributed by atoms with Crippen LogP contribution in [-0.2, 0) is 20.9 Å². The molecule has 0 saturated heterocycles. The van der Waals surface area contributed by atoms with Crippen LogP contribution in [0.15, 0.2) is 18.2 Å². The van der Waals surface area contributed by atoms with Gasteiger partial charge in [0, 0.05) is 11.4 Å². The van der Waals surface area contributed by atoms with Crippen LogP contribution >= 0.6 is 11.3 Å². The molecular weight excluding hydrogens is 444 g/mol. The number of amides is 2. The van der Waals surface area contributed by atoms with E-state index in [0.717, 1.165) is 30.6 Å². The zero-order chi connectivity index (χ0) is 24.0. The Balaban J connectivity index is 1.63. The minimum absolute atomic E-state index is 0.130. The molecule has 2 aliphatic rings. The van der Waals surface area contributed by atoms with Gasteiger partial charge in [0.1, 0.15) is 11.9 Å². The van der Waals surface area contributed by atoms with E-state index < -0.39 is 18.1 Å². The molecule has 2 amide bonds. The Hall–Kier alpha value is -2.92. The lowest BCUT2D eigenvalue weighted by atomic mass is 9.84. The van der Waals surface area contributed by atoms with Crippen LogP contribution in [0.2, 0.25) is 0 Å². The maximum atomic E-state index is 13.3. The first-order chi connectivity index (χ1) is 15.8. The van der Waals surface area contributed by atoms with Gasteiger partial charge in [-0.05, 0) is 18.4 Å². The zero-order valence-corrected chi connectivity index (χ0v) is 19.3. The van der Waals surface area contributed by atoms with E-state index in [9.17, 15) is 14.4 Å². The highest BCUT2D eigenvalue weighted by Gasteiger charge is 2.35. The Labute approximate surface area is 196 Å². The van der Waals surface area contributed by atoms with Crippen LogP contribution in [0.5, 0.6) is 0 Å². The summed E-state index contributed by atoms with van der Waals surface area (Å²) in [4.78, 5) is 39.6. The standard InChI is InChI=1S/C22H32N6O4S/c23-19(24)15-10-14(33-20(15)25)11-27-21(31)17-7-4-8-28(17)22(32)16(26-12-18(29)30)9-13-5-2-1-3-6-13/h4,7,10,13,16-17,26H,1-3,5-6,8-9,11-12,25H2,(H3,23,24)(H,27,31)(H,29,30)/t16-,17+/m1/s1. The molecule has 1 aromatic heterocycles. The third kappa shape index (κ3) is 6.55. The predicted molar refractivity (Wildman–Crippen MR) is 127 cm³/mol. The molecule has 180 valence electrons. The molecule has 1 aliphatic carbocycles. The number of anilines is 1. The van der Waals surface area contributed by atoms with Gasteiger partial charge in [0.15, 0.2) is 0 Å². The number of carboxylic acids is 1. The summed E-state index contributed by atoms with van der Waals surface area (Å²) >= 11 is 1.25. The highest BCUT2D eigenvalue weighted by molar-refractivity contribution is 7.16. The van der Waals surface area contributed by atoms with Crippen molar-refractivity contribution in [1.82, 2.24) is 15.5 Å². The van der Waals surface area contributed by atoms with E-state index in [2.05, 4.69) is 10.6 Å². The Bertz CT molecular complexity index is 924. The summed E-state index contributed by atoms with van der Waals surface area (Å²) in [5, 5.41) is 22.7. The van der Waals surface area contributed by atoms with Gasteiger partial charge in [-0.2, -0.15) is 0 Å². The molecule has 1 aromatic rings. The lowest BCUT2D eigenvalue weighted by molar-refractivity contribution is -0.140. The maximum absolute atomic E-state index is 13.3. The smallest absolute Gasteiger partial charge is 0.317 e. The van der Waals surface area contributed by atoms with Crippen LogP contribution in [0.1, 0.15) is 49.0 Å². The lowest BCUT2D eigenvalue weighted by Gasteiger charge is -2.31. The highest BCUT2D eigenvalue weighted by Crippen LogP contribution is 2.28. The van der Waals surface area contributed by atoms with Gasteiger partial charge in [-0.3, -0.25) is 25.1 Å². The number of hydrogen-bond donors (Lipinski definition) is 6. The molecule has 0 spiro atoms. The fraction of sp³-hybridized carbons (Fsp3) is 0.545. The first-order valence-corrected chi connectivity index (χ1v) is 12.0. The van der Waals surface area contributed by atoms with Gasteiger partial charge < -0.3 is 26.8 Å². The van der Waals surface area contributed by atoms with Gasteiger partial charge in [0.2, 0.25) is 11.8 Å². The number of aliphatic carboxylic acids is 1. The summed E-state index contributed by atoms with van der Waals surface area (Å²) in [6.07, 6.45) is 9.54. The molecule has 1 saturated carbocycles. The van der Waals surface area contributed by atoms with E-state index in [-0.39, 0.29) is 30.7 Å². The number of hydrogen-bond acceptors (Lipinski definition) is 7. The number of carboxylic acid groups (broad SMARTS) is 1. The van der Waals surface area contributed by atoms with Crippen molar-refractivity contribution in [3.05, 3.63) is 28.7 Å². The molecule has 1 aliphatic heterocycles. The van der Waals surface area contributed by atoms with Crippen molar-refractivity contribution in [2.24, 2.45) is 11.7 Å². The van der Waals surface area contributed by atoms with Gasteiger partial charge in [-0.15, -0.1) is 11.3 Å². The van der Waals surface area contributed by atoms with Crippen LogP contribution < -0.4 is 22.1 Å². The highest BCUT2D eigenvalue weighted by atomic mass is 32.1. The number of carbonyl (C=O) groups excluding carboxylic acids is 2. The number of carbonyl (C=O) groups is 3. The molecule has 33 heavy (non-hydrogen) atoms. The molecule has 3 rings (SSSR count). The number of nitrogens with two attached hydrogens (primary N) is 2. The molecule has 2 atom stereocenters. The SMILES string of the molecule is N=C(N)c1cc(CNC(=O)[C@@H]2C=CCN2C(=O)[C@@H](CC2CCCCC2)NCC(=O)O)sc1N. The summed E-state index contributed by atoms with van der Waals surface area (Å²) in [6.45, 7) is 0.197. The summed E-state index contributed by atoms with van der Waals surface area (Å²) in [5.74, 6) is -1.37. The van der Waals surface area contributed by atoms with Crippen LogP contribution in [-0.4, -0.2) is 58.8 Å². The van der Waals surface area contributed by atoms with Crippen LogP contribution in [0.3, 0.4) is 0 Å². The number of nitrogens with zero attached hydrogens (tertiary/aromatic N) is 1. The normalized spacial score (nSPS) is 19.4. The van der Waals surface area contributed by atoms with Crippen molar-refractivity contribution >= 4 is 40.0 Å². The molecule has 2 heterocycles. The van der Waals surface area contributed by atoms with Crippen molar-refractivity contribution in [2.75, 3.05) is 18.8 Å². The van der Waals surface area contributed by atoms with Crippen LogP contribution in [0.4, 0.5) is 5.00 Å². The average Bonchev–Trinajstić information content (AvgIpc) is 3.42. The van der Waals surface area contributed by atoms with Crippen molar-refractivity contribution in [3.63, 3.8) is 0 Å². The summed E-state index contributed by atoms with van der Waals surface area (Å²) in [5.41, 5.74) is 11.8. The Kier molecular flexibility index (Phi) is 8.45. The summed E-state index contributed by atoms with van der Waals surface area (Å²) < 4.78 is 0. The largest absolute Gasteiger partial charge is 0.480 e. The quantitative estimate of drug-likeness (QED) is 0.166. The molecule has 0 bridgehead atoms. The molecule has 0 radical (unpaired) electrons. The number of nitrogens with one attached hydrogen (secondary N) is 3. The zero-order valence-electron chi connectivity index (χ0n) is 18.5. The minimum atomic E-state index is -1.02. The van der Waals surface area contributed by atoms with Gasteiger partial charge in [-0.1, -0.05) is 44.3 Å². The minimum Gasteiger partial charge on any atom is -0.480 e. The number of nitrogen functional groups attached to an aromatic ring is 2. The molecule has 0 unspecified atom stereocenters. The Morgan fingerprint density at radius 1 is 1.27 bits per heavy atom. The van der Waals surface area contributed by atoms with E-state index in [4.69, 9.17) is 22.0 Å². The number of rotatable bonds is 10. The molecule has 1 fully saturated rings. The number of amidine groups is 1. The van der Waals surface area contributed by atoms with E-state index >= 15 is 0 Å². The van der Waals surface area contributed by atoms with E-state index in [1.54, 1.807) is 18.2 Å². The average molecular weight is 477 g/mol. The van der Waals surface area contributed by atoms with E-state index in [0.29, 0.717) is 29.4 Å². The van der Waals surface area contributed by atoms with E-state index in [1.165, 1.54) is 22.7 Å². The maximum Gasteiger partial charge on any atom is 0.317 e. The van der Waals surface area contributed by atoms with Crippen molar-refractivity contribution in [2.45, 2.75) is 57.2 Å². The van der Waals surface area contributed by atoms with Crippen molar-refractivity contribution in [1.29, 1.82) is 5.41 Å². The number of thiophene rings is 1. The van der Waals surface area contributed by atoms with Gasteiger partial charge in [0.05, 0.1) is 29.7 Å². The third-order valence-corrected chi connectivity index (χ3v) is 7.10. The molecule has 0 aromatic carbocycles. The molecular formula is C22H32N6O4S. The van der Waals surface area contributed by atoms with Gasteiger partial charge >= 0.3 is 5.97 Å². The van der Waals surface area contributed by atoms with Gasteiger partial charge in [0.25, 0.3) is 0 Å². The fourth-order valence-corrected chi connectivity index (χ4v) is 5.33. The van der Waals surface area contributed by atoms with Crippen LogP contribution in [0.25, 0.3) is 0 Å². The molecule has 10 nitrogen and oxygen atoms in total. The first kappa shape index (κ1) is 24.7. The summed E-state index contributed by atoms with van der Waals surface area (Å²) in [6, 6.07) is 0.267. The van der Waals surface area contributed by atoms with Gasteiger partial charge in [-0.25, -0.2) is 0 Å². The Morgan fingerprint density at radius 2 is 2.00 bits per heavy atom. The first-order valence-electron chi connectivity index (χ1n) is 11.2. The topological polar surface area (TPSA) is 175 Å². The second kappa shape index (κ2) is 11.3. The second-order valence-corrected chi connectivity index (χ2v) is 9.72. The Morgan fingerprint density at radius 3 is 2.64 bits per heavy atom. The molecule has 11 heteroatoms. The van der Waals surface area contributed by atoms with E-state index in [1.807, 2.05) is 0 Å².